The third-order valence-electron chi connectivity index (χ3n) is 4.88. The first-order chi connectivity index (χ1) is 11.4. The van der Waals surface area contributed by atoms with Gasteiger partial charge in [-0.15, -0.1) is 0 Å². The monoisotopic (exact) mass is 348 g/mol. The first kappa shape index (κ1) is 17.2. The van der Waals surface area contributed by atoms with Crippen LogP contribution in [0.25, 0.3) is 11.3 Å². The van der Waals surface area contributed by atoms with Crippen LogP contribution in [-0.2, 0) is 5.41 Å². The zero-order valence-electron chi connectivity index (χ0n) is 14.8. The van der Waals surface area contributed by atoms with Crippen LogP contribution < -0.4 is 9.47 Å². The number of furan rings is 1. The Balaban J connectivity index is 1.86. The third kappa shape index (κ3) is 3.56. The maximum Gasteiger partial charge on any atom is 0.141 e. The van der Waals surface area contributed by atoms with E-state index in [0.29, 0.717) is 16.5 Å². The molecule has 0 saturated heterocycles. The summed E-state index contributed by atoms with van der Waals surface area (Å²) in [6, 6.07) is 7.85. The number of hydrogen-bond acceptors (Lipinski definition) is 3. The van der Waals surface area contributed by atoms with Gasteiger partial charge < -0.3 is 13.9 Å². The average Bonchev–Trinajstić information content (AvgIpc) is 3.27. The minimum Gasteiger partial charge on any atom is -0.495 e. The van der Waals surface area contributed by atoms with E-state index in [-0.39, 0.29) is 5.41 Å². The molecule has 3 rings (SSSR count). The molecule has 1 fully saturated rings. The summed E-state index contributed by atoms with van der Waals surface area (Å²) in [5.41, 5.74) is 0.943. The highest BCUT2D eigenvalue weighted by molar-refractivity contribution is 6.33. The van der Waals surface area contributed by atoms with E-state index in [1.807, 2.05) is 18.2 Å². The Kier molecular flexibility index (Phi) is 4.82. The van der Waals surface area contributed by atoms with Crippen LogP contribution in [0.1, 0.15) is 45.3 Å². The maximum absolute atomic E-state index is 6.24. The van der Waals surface area contributed by atoms with Crippen LogP contribution >= 0.6 is 11.6 Å². The molecule has 0 spiro atoms. The summed E-state index contributed by atoms with van der Waals surface area (Å²) in [4.78, 5) is 0. The molecule has 0 unspecified atom stereocenters. The lowest BCUT2D eigenvalue weighted by molar-refractivity contribution is 0.354. The summed E-state index contributed by atoms with van der Waals surface area (Å²) < 4.78 is 16.9. The van der Waals surface area contributed by atoms with Crippen molar-refractivity contribution < 1.29 is 13.9 Å². The van der Waals surface area contributed by atoms with Gasteiger partial charge in [0.15, 0.2) is 0 Å². The molecule has 1 heterocycles. The molecule has 0 atom stereocenters. The zero-order chi connectivity index (χ0) is 17.3. The standard InChI is InChI=1S/C20H25ClO3/c1-20(2,10-9-13-5-6-13)18-8-7-15(24-18)14-11-16(22-3)19(21)17(12-14)23-4/h7-8,11-13H,5-6,9-10H2,1-4H3. The topological polar surface area (TPSA) is 31.6 Å². The summed E-state index contributed by atoms with van der Waals surface area (Å²) in [5, 5.41) is 0.472. The third-order valence-corrected chi connectivity index (χ3v) is 5.25. The molecule has 1 aliphatic rings. The van der Waals surface area contributed by atoms with E-state index in [1.54, 1.807) is 14.2 Å². The van der Waals surface area contributed by atoms with Gasteiger partial charge in [0.1, 0.15) is 28.0 Å². The highest BCUT2D eigenvalue weighted by Crippen LogP contribution is 2.42. The van der Waals surface area contributed by atoms with Crippen molar-refractivity contribution in [3.05, 3.63) is 35.0 Å². The molecular formula is C20H25ClO3. The van der Waals surface area contributed by atoms with E-state index in [2.05, 4.69) is 19.9 Å². The van der Waals surface area contributed by atoms with Gasteiger partial charge in [0.2, 0.25) is 0 Å². The fraction of sp³-hybridized carbons (Fsp3) is 0.500. The molecule has 4 heteroatoms. The van der Waals surface area contributed by atoms with Crippen molar-refractivity contribution in [3.63, 3.8) is 0 Å². The van der Waals surface area contributed by atoms with E-state index < -0.39 is 0 Å². The minimum absolute atomic E-state index is 0.0431. The Hall–Kier alpha value is -1.61. The lowest BCUT2D eigenvalue weighted by Crippen LogP contribution is -2.16. The summed E-state index contributed by atoms with van der Waals surface area (Å²) >= 11 is 6.24. The van der Waals surface area contributed by atoms with Crippen molar-refractivity contribution in [3.8, 4) is 22.8 Å². The number of halogens is 1. The number of rotatable bonds is 7. The van der Waals surface area contributed by atoms with Gasteiger partial charge >= 0.3 is 0 Å². The highest BCUT2D eigenvalue weighted by Gasteiger charge is 2.29. The number of ether oxygens (including phenoxy) is 2. The maximum atomic E-state index is 6.24. The van der Waals surface area contributed by atoms with Gasteiger partial charge in [-0.25, -0.2) is 0 Å². The van der Waals surface area contributed by atoms with Gasteiger partial charge in [-0.3, -0.25) is 0 Å². The summed E-state index contributed by atoms with van der Waals surface area (Å²) in [6.07, 6.45) is 5.22. The van der Waals surface area contributed by atoms with Crippen molar-refractivity contribution in [2.45, 2.75) is 44.9 Å². The van der Waals surface area contributed by atoms with E-state index in [1.165, 1.54) is 19.3 Å². The molecule has 2 aromatic rings. The molecule has 1 aliphatic carbocycles. The number of benzene rings is 1. The van der Waals surface area contributed by atoms with Gasteiger partial charge in [0.25, 0.3) is 0 Å². The highest BCUT2D eigenvalue weighted by atomic mass is 35.5. The van der Waals surface area contributed by atoms with E-state index >= 15 is 0 Å². The smallest absolute Gasteiger partial charge is 0.141 e. The molecule has 1 aromatic heterocycles. The summed E-state index contributed by atoms with van der Waals surface area (Å²) in [7, 11) is 3.19. The normalized spacial score (nSPS) is 14.7. The predicted molar refractivity (Wildman–Crippen MR) is 97.2 cm³/mol. The van der Waals surface area contributed by atoms with Crippen LogP contribution in [-0.4, -0.2) is 14.2 Å². The first-order valence-corrected chi connectivity index (χ1v) is 8.84. The van der Waals surface area contributed by atoms with Crippen LogP contribution in [0.4, 0.5) is 0 Å². The number of methoxy groups -OCH3 is 2. The fourth-order valence-corrected chi connectivity index (χ4v) is 3.23. The van der Waals surface area contributed by atoms with Crippen molar-refractivity contribution in [2.75, 3.05) is 14.2 Å². The van der Waals surface area contributed by atoms with E-state index in [4.69, 9.17) is 25.5 Å². The molecule has 1 saturated carbocycles. The Morgan fingerprint density at radius 3 is 2.29 bits per heavy atom. The molecule has 130 valence electrons. The molecule has 0 radical (unpaired) electrons. The molecule has 0 aliphatic heterocycles. The second-order valence-electron chi connectivity index (χ2n) is 7.22. The van der Waals surface area contributed by atoms with Gasteiger partial charge in [-0.05, 0) is 43.0 Å². The second-order valence-corrected chi connectivity index (χ2v) is 7.60. The van der Waals surface area contributed by atoms with Gasteiger partial charge in [-0.2, -0.15) is 0 Å². The van der Waals surface area contributed by atoms with Gasteiger partial charge in [-0.1, -0.05) is 38.3 Å². The van der Waals surface area contributed by atoms with Crippen molar-refractivity contribution >= 4 is 11.6 Å². The van der Waals surface area contributed by atoms with E-state index in [0.717, 1.165) is 29.4 Å². The van der Waals surface area contributed by atoms with Crippen LogP contribution in [0, 0.1) is 5.92 Å². The fourth-order valence-electron chi connectivity index (χ4n) is 2.96. The van der Waals surface area contributed by atoms with Gasteiger partial charge in [0.05, 0.1) is 14.2 Å². The van der Waals surface area contributed by atoms with Gasteiger partial charge in [0, 0.05) is 11.0 Å². The minimum atomic E-state index is 0.0431. The van der Waals surface area contributed by atoms with Crippen LogP contribution in [0.2, 0.25) is 5.02 Å². The molecule has 0 bridgehead atoms. The Bertz CT molecular complexity index is 688. The average molecular weight is 349 g/mol. The molecule has 1 aromatic carbocycles. The second kappa shape index (κ2) is 6.72. The SMILES string of the molecule is COc1cc(-c2ccc(C(C)(C)CCC3CC3)o2)cc(OC)c1Cl. The van der Waals surface area contributed by atoms with Crippen molar-refractivity contribution in [1.82, 2.24) is 0 Å². The zero-order valence-corrected chi connectivity index (χ0v) is 15.6. The molecule has 3 nitrogen and oxygen atoms in total. The van der Waals surface area contributed by atoms with Crippen molar-refractivity contribution in [1.29, 1.82) is 0 Å². The van der Waals surface area contributed by atoms with E-state index in [9.17, 15) is 0 Å². The molecule has 24 heavy (non-hydrogen) atoms. The van der Waals surface area contributed by atoms with Crippen LogP contribution in [0.5, 0.6) is 11.5 Å². The summed E-state index contributed by atoms with van der Waals surface area (Å²) in [5.74, 6) is 3.92. The molecule has 0 N–H and O–H groups in total. The largest absolute Gasteiger partial charge is 0.495 e. The Morgan fingerprint density at radius 1 is 1.12 bits per heavy atom. The van der Waals surface area contributed by atoms with Crippen molar-refractivity contribution in [2.24, 2.45) is 5.92 Å². The number of hydrogen-bond donors (Lipinski definition) is 0. The summed E-state index contributed by atoms with van der Waals surface area (Å²) in [6.45, 7) is 4.50. The molecule has 0 amide bonds. The lowest BCUT2D eigenvalue weighted by Gasteiger charge is -2.22. The lowest BCUT2D eigenvalue weighted by atomic mass is 9.84. The Labute approximate surface area is 148 Å². The quantitative estimate of drug-likeness (QED) is 0.607. The molecular weight excluding hydrogens is 324 g/mol. The predicted octanol–water partition coefficient (Wildman–Crippen LogP) is 6.09. The van der Waals surface area contributed by atoms with Crippen LogP contribution in [0.15, 0.2) is 28.7 Å². The first-order valence-electron chi connectivity index (χ1n) is 8.47. The van der Waals surface area contributed by atoms with Crippen LogP contribution in [0.3, 0.4) is 0 Å². The Morgan fingerprint density at radius 2 is 1.75 bits per heavy atom.